The number of carbonyl (C=O) groups is 1. The Hall–Kier alpha value is -2.29. The van der Waals surface area contributed by atoms with Crippen molar-refractivity contribution in [2.24, 2.45) is 5.92 Å². The lowest BCUT2D eigenvalue weighted by atomic mass is 9.97. The molecule has 2 aromatic carbocycles. The molecule has 7 nitrogen and oxygen atoms in total. The molecule has 2 aromatic rings. The molecular formula is C23H27ClN2O5S. The number of rotatable bonds is 6. The minimum absolute atomic E-state index is 0.181. The van der Waals surface area contributed by atoms with Gasteiger partial charge in [-0.3, -0.25) is 4.79 Å². The third kappa shape index (κ3) is 4.44. The largest absolute Gasteiger partial charge is 0.495 e. The number of nitrogens with zero attached hydrogens (tertiary/aromatic N) is 1. The van der Waals surface area contributed by atoms with Crippen molar-refractivity contribution in [1.29, 1.82) is 0 Å². The Morgan fingerprint density at radius 1 is 1.03 bits per heavy atom. The predicted octanol–water partition coefficient (Wildman–Crippen LogP) is 3.89. The summed E-state index contributed by atoms with van der Waals surface area (Å²) in [5, 5.41) is 3.22. The second-order valence-corrected chi connectivity index (χ2v) is 10.5. The molecule has 1 amide bonds. The van der Waals surface area contributed by atoms with Gasteiger partial charge in [-0.15, -0.1) is 0 Å². The summed E-state index contributed by atoms with van der Waals surface area (Å²) in [6.45, 7) is 0.607. The van der Waals surface area contributed by atoms with Crippen molar-refractivity contribution in [3.63, 3.8) is 0 Å². The van der Waals surface area contributed by atoms with Gasteiger partial charge in [0.15, 0.2) is 0 Å². The van der Waals surface area contributed by atoms with E-state index in [9.17, 15) is 13.2 Å². The van der Waals surface area contributed by atoms with Crippen LogP contribution in [-0.4, -0.2) is 45.9 Å². The zero-order valence-corrected chi connectivity index (χ0v) is 19.8. The van der Waals surface area contributed by atoms with Crippen molar-refractivity contribution in [1.82, 2.24) is 4.31 Å². The van der Waals surface area contributed by atoms with E-state index in [1.165, 1.54) is 24.1 Å². The quantitative estimate of drug-likeness (QED) is 0.681. The van der Waals surface area contributed by atoms with E-state index in [1.807, 2.05) is 12.1 Å². The summed E-state index contributed by atoms with van der Waals surface area (Å²) in [7, 11) is -0.561. The molecule has 1 heterocycles. The summed E-state index contributed by atoms with van der Waals surface area (Å²) in [6, 6.07) is 8.66. The summed E-state index contributed by atoms with van der Waals surface area (Å²) < 4.78 is 38.2. The van der Waals surface area contributed by atoms with Gasteiger partial charge in [0.25, 0.3) is 0 Å². The van der Waals surface area contributed by atoms with Crippen LogP contribution >= 0.6 is 11.6 Å². The molecule has 1 aliphatic carbocycles. The Balaban J connectivity index is 1.41. The fraction of sp³-hybridized carbons (Fsp3) is 0.435. The second-order valence-electron chi connectivity index (χ2n) is 8.14. The first-order valence-corrected chi connectivity index (χ1v) is 12.5. The van der Waals surface area contributed by atoms with Crippen LogP contribution in [0.3, 0.4) is 0 Å². The molecular weight excluding hydrogens is 452 g/mol. The molecule has 0 bridgehead atoms. The molecule has 172 valence electrons. The Bertz CT molecular complexity index is 1130. The first kappa shape index (κ1) is 22.9. The number of amides is 1. The summed E-state index contributed by atoms with van der Waals surface area (Å²) in [6.07, 6.45) is 3.91. The molecule has 1 N–H and O–H groups in total. The normalized spacial score (nSPS) is 17.1. The van der Waals surface area contributed by atoms with E-state index in [2.05, 4.69) is 5.32 Å². The maximum atomic E-state index is 13.1. The van der Waals surface area contributed by atoms with Crippen LogP contribution in [0.25, 0.3) is 0 Å². The molecule has 0 spiro atoms. The third-order valence-corrected chi connectivity index (χ3v) is 8.45. The van der Waals surface area contributed by atoms with Gasteiger partial charge in [-0.25, -0.2) is 8.42 Å². The zero-order chi connectivity index (χ0) is 22.9. The molecule has 0 aromatic heterocycles. The van der Waals surface area contributed by atoms with Gasteiger partial charge >= 0.3 is 0 Å². The lowest BCUT2D eigenvalue weighted by Gasteiger charge is -2.30. The average molecular weight is 479 g/mol. The number of piperidine rings is 1. The van der Waals surface area contributed by atoms with Crippen molar-refractivity contribution in [2.45, 2.75) is 37.0 Å². The number of halogens is 1. The Morgan fingerprint density at radius 3 is 2.41 bits per heavy atom. The molecule has 1 aliphatic heterocycles. The van der Waals surface area contributed by atoms with Gasteiger partial charge in [-0.1, -0.05) is 17.7 Å². The first-order valence-electron chi connectivity index (χ1n) is 10.7. The molecule has 0 radical (unpaired) electrons. The number of ether oxygens (including phenoxy) is 2. The lowest BCUT2D eigenvalue weighted by Crippen LogP contribution is -2.41. The molecule has 0 atom stereocenters. The molecule has 1 saturated heterocycles. The van der Waals surface area contributed by atoms with Gasteiger partial charge in [0.05, 0.1) is 29.8 Å². The summed E-state index contributed by atoms with van der Waals surface area (Å²) >= 11 is 6.19. The van der Waals surface area contributed by atoms with Crippen LogP contribution in [0.5, 0.6) is 11.5 Å². The van der Waals surface area contributed by atoms with Crippen LogP contribution in [0.4, 0.5) is 5.69 Å². The van der Waals surface area contributed by atoms with Crippen molar-refractivity contribution in [3.05, 3.63) is 46.5 Å². The molecule has 32 heavy (non-hydrogen) atoms. The fourth-order valence-electron chi connectivity index (χ4n) is 4.41. The van der Waals surface area contributed by atoms with Gasteiger partial charge in [0.2, 0.25) is 15.9 Å². The maximum absolute atomic E-state index is 13.1. The number of aryl methyl sites for hydroxylation is 2. The standard InChI is InChI=1S/C23H27ClN2O5S/c1-30-21-14-22(31-2)20(13-19(21)24)25-23(27)16-8-10-26(11-9-16)32(28,29)18-7-6-15-4-3-5-17(15)12-18/h6-7,12-14,16H,3-5,8-11H2,1-2H3,(H,25,27). The van der Waals surface area contributed by atoms with Gasteiger partial charge in [-0.2, -0.15) is 4.31 Å². The highest BCUT2D eigenvalue weighted by molar-refractivity contribution is 7.89. The van der Waals surface area contributed by atoms with E-state index < -0.39 is 10.0 Å². The summed E-state index contributed by atoms with van der Waals surface area (Å²) in [4.78, 5) is 13.2. The van der Waals surface area contributed by atoms with Crippen molar-refractivity contribution >= 4 is 33.2 Å². The minimum atomic E-state index is -3.57. The highest BCUT2D eigenvalue weighted by Crippen LogP contribution is 2.36. The number of nitrogens with one attached hydrogen (secondary N) is 1. The Labute approximate surface area is 193 Å². The molecule has 0 saturated carbocycles. The highest BCUT2D eigenvalue weighted by Gasteiger charge is 2.33. The van der Waals surface area contributed by atoms with Crippen molar-refractivity contribution < 1.29 is 22.7 Å². The minimum Gasteiger partial charge on any atom is -0.495 e. The second kappa shape index (κ2) is 9.29. The van der Waals surface area contributed by atoms with Crippen molar-refractivity contribution in [2.75, 3.05) is 32.6 Å². The van der Waals surface area contributed by atoms with Crippen LogP contribution in [0.2, 0.25) is 5.02 Å². The predicted molar refractivity (Wildman–Crippen MR) is 123 cm³/mol. The van der Waals surface area contributed by atoms with Crippen LogP contribution in [0.15, 0.2) is 35.2 Å². The van der Waals surface area contributed by atoms with E-state index >= 15 is 0 Å². The molecule has 1 fully saturated rings. The van der Waals surface area contributed by atoms with Crippen LogP contribution in [-0.2, 0) is 27.7 Å². The van der Waals surface area contributed by atoms with Gasteiger partial charge < -0.3 is 14.8 Å². The number of carbonyl (C=O) groups excluding carboxylic acids is 1. The highest BCUT2D eigenvalue weighted by atomic mass is 35.5. The van der Waals surface area contributed by atoms with Gasteiger partial charge in [0.1, 0.15) is 11.5 Å². The number of fused-ring (bicyclic) bond motifs is 1. The van der Waals surface area contributed by atoms with E-state index in [0.717, 1.165) is 24.8 Å². The SMILES string of the molecule is COc1cc(OC)c(NC(=O)C2CCN(S(=O)(=O)c3ccc4c(c3)CCC4)CC2)cc1Cl. The van der Waals surface area contributed by atoms with Crippen molar-refractivity contribution in [3.8, 4) is 11.5 Å². The molecule has 0 unspecified atom stereocenters. The average Bonchev–Trinajstić information content (AvgIpc) is 3.27. The number of benzene rings is 2. The molecule has 4 rings (SSSR count). The summed E-state index contributed by atoms with van der Waals surface area (Å²) in [5.41, 5.74) is 2.83. The molecule has 9 heteroatoms. The topological polar surface area (TPSA) is 84.9 Å². The Kier molecular flexibility index (Phi) is 6.65. The van der Waals surface area contributed by atoms with Crippen LogP contribution < -0.4 is 14.8 Å². The smallest absolute Gasteiger partial charge is 0.243 e. The lowest BCUT2D eigenvalue weighted by molar-refractivity contribution is -0.120. The van der Waals surface area contributed by atoms with Crippen LogP contribution in [0, 0.1) is 5.92 Å². The number of sulfonamides is 1. The van der Waals surface area contributed by atoms with E-state index in [0.29, 0.717) is 53.0 Å². The zero-order valence-electron chi connectivity index (χ0n) is 18.2. The Morgan fingerprint density at radius 2 is 1.72 bits per heavy atom. The number of hydrogen-bond donors (Lipinski definition) is 1. The van der Waals surface area contributed by atoms with Gasteiger partial charge in [0, 0.05) is 25.1 Å². The third-order valence-electron chi connectivity index (χ3n) is 6.26. The van der Waals surface area contributed by atoms with Crippen LogP contribution in [0.1, 0.15) is 30.4 Å². The van der Waals surface area contributed by atoms with Gasteiger partial charge in [-0.05, 0) is 61.4 Å². The fourth-order valence-corrected chi connectivity index (χ4v) is 6.17. The maximum Gasteiger partial charge on any atom is 0.243 e. The monoisotopic (exact) mass is 478 g/mol. The first-order chi connectivity index (χ1) is 15.3. The number of methoxy groups -OCH3 is 2. The van der Waals surface area contributed by atoms with E-state index in [1.54, 1.807) is 18.2 Å². The number of anilines is 1. The number of hydrogen-bond acceptors (Lipinski definition) is 5. The molecule has 2 aliphatic rings. The van der Waals surface area contributed by atoms with E-state index in [-0.39, 0.29) is 11.8 Å². The summed E-state index contributed by atoms with van der Waals surface area (Å²) in [5.74, 6) is 0.411. The van der Waals surface area contributed by atoms with E-state index in [4.69, 9.17) is 21.1 Å².